The molecule has 0 bridgehead atoms. The Balaban J connectivity index is 1.66. The highest BCUT2D eigenvalue weighted by Crippen LogP contribution is 2.35. The molecule has 0 N–H and O–H groups in total. The zero-order valence-corrected chi connectivity index (χ0v) is 17.5. The van der Waals surface area contributed by atoms with Crippen LogP contribution in [0.4, 0.5) is 0 Å². The number of rotatable bonds is 5. The van der Waals surface area contributed by atoms with Gasteiger partial charge in [0.05, 0.1) is 5.03 Å². The third-order valence-electron chi connectivity index (χ3n) is 5.52. The highest BCUT2D eigenvalue weighted by atomic mass is 35.5. The van der Waals surface area contributed by atoms with E-state index in [0.717, 1.165) is 11.5 Å². The molecule has 1 fully saturated rings. The van der Waals surface area contributed by atoms with Crippen LogP contribution < -0.4 is 0 Å². The lowest BCUT2D eigenvalue weighted by Crippen LogP contribution is -2.19. The molecule has 0 aromatic heterocycles. The lowest BCUT2D eigenvalue weighted by Gasteiger charge is -2.27. The normalized spacial score (nSPS) is 21.3. The zero-order chi connectivity index (χ0) is 17.6. The van der Waals surface area contributed by atoms with Crippen LogP contribution in [-0.4, -0.2) is 8.80 Å². The topological polar surface area (TPSA) is 0 Å². The summed E-state index contributed by atoms with van der Waals surface area (Å²) in [6.45, 7) is 2.34. The first-order valence-electron chi connectivity index (χ1n) is 9.38. The molecule has 0 aliphatic carbocycles. The van der Waals surface area contributed by atoms with Gasteiger partial charge in [-0.3, -0.25) is 0 Å². The maximum Gasteiger partial charge on any atom is 0.0591 e. The molecular formula is C22H26Cl2Si. The van der Waals surface area contributed by atoms with Gasteiger partial charge in [-0.15, -0.1) is 0 Å². The predicted octanol–water partition coefficient (Wildman–Crippen LogP) is 7.64. The minimum absolute atomic E-state index is 0.388. The molecule has 3 rings (SSSR count). The minimum atomic E-state index is -0.388. The van der Waals surface area contributed by atoms with Crippen LogP contribution in [0.3, 0.4) is 0 Å². The van der Waals surface area contributed by atoms with Crippen LogP contribution >= 0.6 is 23.2 Å². The second-order valence-electron chi connectivity index (χ2n) is 7.16. The summed E-state index contributed by atoms with van der Waals surface area (Å²) < 4.78 is 0. The van der Waals surface area contributed by atoms with Gasteiger partial charge in [0, 0.05) is 14.3 Å². The van der Waals surface area contributed by atoms with Gasteiger partial charge in [-0.1, -0.05) is 103 Å². The molecule has 1 heterocycles. The molecule has 3 heteroatoms. The van der Waals surface area contributed by atoms with E-state index in [2.05, 4.69) is 43.3 Å². The van der Waals surface area contributed by atoms with Crippen LogP contribution in [-0.2, 0) is 0 Å². The first-order chi connectivity index (χ1) is 12.2. The van der Waals surface area contributed by atoms with Gasteiger partial charge in [0.2, 0.25) is 0 Å². The molecular weight excluding hydrogens is 363 g/mol. The third-order valence-corrected chi connectivity index (χ3v) is 9.87. The van der Waals surface area contributed by atoms with Crippen molar-refractivity contribution in [1.29, 1.82) is 0 Å². The van der Waals surface area contributed by atoms with Crippen molar-refractivity contribution in [3.05, 3.63) is 65.2 Å². The van der Waals surface area contributed by atoms with E-state index in [9.17, 15) is 0 Å². The van der Waals surface area contributed by atoms with Crippen molar-refractivity contribution >= 4 is 37.0 Å². The minimum Gasteiger partial charge on any atom is -0.0913 e. The average molecular weight is 389 g/mol. The molecule has 2 aromatic rings. The first-order valence-corrected chi connectivity index (χ1v) is 12.6. The highest BCUT2D eigenvalue weighted by Gasteiger charge is 2.22. The van der Waals surface area contributed by atoms with E-state index in [-0.39, 0.29) is 8.80 Å². The van der Waals surface area contributed by atoms with Gasteiger partial charge in [-0.25, -0.2) is 0 Å². The Labute approximate surface area is 163 Å². The highest BCUT2D eigenvalue weighted by molar-refractivity contribution is 6.59. The summed E-state index contributed by atoms with van der Waals surface area (Å²) in [4.78, 5) is 0. The number of hydrogen-bond donors (Lipinski definition) is 0. The fourth-order valence-electron chi connectivity index (χ4n) is 4.03. The molecule has 25 heavy (non-hydrogen) atoms. The first kappa shape index (κ1) is 18.8. The Kier molecular flexibility index (Phi) is 6.81. The fraction of sp³-hybridized carbons (Fsp3) is 0.364. The van der Waals surface area contributed by atoms with Crippen LogP contribution in [0.2, 0.25) is 18.1 Å². The lowest BCUT2D eigenvalue weighted by molar-refractivity contribution is 0.606. The fourth-order valence-corrected chi connectivity index (χ4v) is 7.71. The molecule has 0 spiro atoms. The SMILES string of the molecule is CCC[SiH]1CCC(c2ccc(-c3ccc(C(Cl)=CCl)cc3)cc2)CC1. The number of hydrogen-bond acceptors (Lipinski definition) is 0. The van der Waals surface area contributed by atoms with Gasteiger partial charge in [0.25, 0.3) is 0 Å². The molecule has 0 amide bonds. The average Bonchev–Trinajstić information content (AvgIpc) is 2.68. The molecule has 0 atom stereocenters. The van der Waals surface area contributed by atoms with Crippen LogP contribution in [0.5, 0.6) is 0 Å². The molecule has 0 unspecified atom stereocenters. The molecule has 2 aromatic carbocycles. The summed E-state index contributed by atoms with van der Waals surface area (Å²) >= 11 is 11.7. The zero-order valence-electron chi connectivity index (χ0n) is 14.8. The smallest absolute Gasteiger partial charge is 0.0591 e. The molecule has 1 saturated heterocycles. The molecule has 1 aliphatic rings. The van der Waals surface area contributed by atoms with Crippen LogP contribution in [0.25, 0.3) is 16.2 Å². The summed E-state index contributed by atoms with van der Waals surface area (Å²) in [5, 5.41) is 0.575. The Morgan fingerprint density at radius 2 is 1.56 bits per heavy atom. The van der Waals surface area contributed by atoms with Gasteiger partial charge in [0.15, 0.2) is 0 Å². The van der Waals surface area contributed by atoms with Crippen molar-refractivity contribution in [1.82, 2.24) is 0 Å². The monoisotopic (exact) mass is 388 g/mol. The van der Waals surface area contributed by atoms with Crippen molar-refractivity contribution in [2.75, 3.05) is 0 Å². The maximum atomic E-state index is 6.06. The van der Waals surface area contributed by atoms with Crippen LogP contribution in [0.15, 0.2) is 54.1 Å². The summed E-state index contributed by atoms with van der Waals surface area (Å²) in [5.41, 5.74) is 6.36. The van der Waals surface area contributed by atoms with Crippen LogP contribution in [0.1, 0.15) is 43.2 Å². The standard InChI is InChI=1S/C22H26Cl2Si/c1-2-13-25-14-11-20(12-15-25)19-5-3-17(4-6-19)18-7-9-21(10-8-18)22(24)16-23/h3-10,16,20,25H,2,11-15H2,1H3. The molecule has 0 radical (unpaired) electrons. The lowest BCUT2D eigenvalue weighted by atomic mass is 9.92. The van der Waals surface area contributed by atoms with Gasteiger partial charge < -0.3 is 0 Å². The van der Waals surface area contributed by atoms with Gasteiger partial charge in [0.1, 0.15) is 0 Å². The van der Waals surface area contributed by atoms with Gasteiger partial charge in [-0.05, 0) is 41.0 Å². The van der Waals surface area contributed by atoms with E-state index in [1.54, 1.807) is 6.04 Å². The van der Waals surface area contributed by atoms with Gasteiger partial charge >= 0.3 is 0 Å². The Morgan fingerprint density at radius 1 is 1.00 bits per heavy atom. The summed E-state index contributed by atoms with van der Waals surface area (Å²) in [6, 6.07) is 22.1. The Morgan fingerprint density at radius 3 is 2.08 bits per heavy atom. The van der Waals surface area contributed by atoms with Crippen molar-refractivity contribution in [3.63, 3.8) is 0 Å². The molecule has 0 nitrogen and oxygen atoms in total. The van der Waals surface area contributed by atoms with E-state index in [1.165, 1.54) is 53.6 Å². The molecule has 0 saturated carbocycles. The summed E-state index contributed by atoms with van der Waals surface area (Å²) in [5.74, 6) is 0.782. The number of benzene rings is 2. The second-order valence-corrected chi connectivity index (χ2v) is 11.3. The number of halogens is 2. The van der Waals surface area contributed by atoms with E-state index >= 15 is 0 Å². The summed E-state index contributed by atoms with van der Waals surface area (Å²) in [6.07, 6.45) is 4.21. The van der Waals surface area contributed by atoms with Crippen LogP contribution in [0, 0.1) is 0 Å². The van der Waals surface area contributed by atoms with Crippen molar-refractivity contribution in [2.45, 2.75) is 50.2 Å². The largest absolute Gasteiger partial charge is 0.0913 e. The Hall–Kier alpha value is -1.02. The van der Waals surface area contributed by atoms with Crippen molar-refractivity contribution < 1.29 is 0 Å². The molecule has 132 valence electrons. The van der Waals surface area contributed by atoms with Gasteiger partial charge in [-0.2, -0.15) is 0 Å². The van der Waals surface area contributed by atoms with E-state index < -0.39 is 0 Å². The van der Waals surface area contributed by atoms with E-state index in [0.29, 0.717) is 5.03 Å². The van der Waals surface area contributed by atoms with E-state index in [1.807, 2.05) is 12.1 Å². The quantitative estimate of drug-likeness (QED) is 0.461. The maximum absolute atomic E-state index is 6.06. The predicted molar refractivity (Wildman–Crippen MR) is 115 cm³/mol. The Bertz CT molecular complexity index is 696. The van der Waals surface area contributed by atoms with Crippen molar-refractivity contribution in [3.8, 4) is 11.1 Å². The van der Waals surface area contributed by atoms with E-state index in [4.69, 9.17) is 23.2 Å². The molecule has 1 aliphatic heterocycles. The third kappa shape index (κ3) is 4.78. The second kappa shape index (κ2) is 9.07. The van der Waals surface area contributed by atoms with Crippen molar-refractivity contribution in [2.24, 2.45) is 0 Å². The summed E-state index contributed by atoms with van der Waals surface area (Å²) in [7, 11) is -0.388.